The highest BCUT2D eigenvalue weighted by molar-refractivity contribution is 9.10. The minimum atomic E-state index is -0.445. The summed E-state index contributed by atoms with van der Waals surface area (Å²) in [6.45, 7) is 3.01. The molecular formula is C23H24BrN3O3S. The maximum atomic E-state index is 12.7. The maximum absolute atomic E-state index is 12.7. The van der Waals surface area contributed by atoms with Gasteiger partial charge in [-0.3, -0.25) is 10.1 Å². The zero-order valence-corrected chi connectivity index (χ0v) is 19.5. The summed E-state index contributed by atoms with van der Waals surface area (Å²) in [5.74, 6) is 0.331. The van der Waals surface area contributed by atoms with Gasteiger partial charge in [0.1, 0.15) is 0 Å². The molecule has 1 saturated heterocycles. The van der Waals surface area contributed by atoms with Crippen LogP contribution in [0.15, 0.2) is 52.4 Å². The summed E-state index contributed by atoms with van der Waals surface area (Å²) in [4.78, 5) is 31.4. The summed E-state index contributed by atoms with van der Waals surface area (Å²) in [5.41, 5.74) is 4.14. The molecule has 3 aromatic rings. The number of ether oxygens (including phenoxy) is 1. The Hall–Kier alpha value is -2.29. The molecule has 8 heteroatoms. The molecule has 1 amide bonds. The van der Waals surface area contributed by atoms with Gasteiger partial charge < -0.3 is 9.64 Å². The van der Waals surface area contributed by atoms with Gasteiger partial charge in [-0.25, -0.2) is 9.78 Å². The largest absolute Gasteiger partial charge is 0.449 e. The fourth-order valence-corrected chi connectivity index (χ4v) is 4.88. The number of carbonyl (C=O) groups excluding carboxylic acids is 2. The molecule has 1 aliphatic rings. The van der Waals surface area contributed by atoms with E-state index in [9.17, 15) is 9.59 Å². The molecule has 31 heavy (non-hydrogen) atoms. The lowest BCUT2D eigenvalue weighted by Crippen LogP contribution is -2.37. The minimum absolute atomic E-state index is 0.0916. The molecule has 2 aromatic carbocycles. The number of rotatable bonds is 7. The van der Waals surface area contributed by atoms with Crippen molar-refractivity contribution in [1.29, 1.82) is 0 Å². The predicted molar refractivity (Wildman–Crippen MR) is 127 cm³/mol. The lowest BCUT2D eigenvalue weighted by Gasteiger charge is -2.31. The number of piperidine rings is 1. The summed E-state index contributed by atoms with van der Waals surface area (Å²) < 4.78 is 7.27. The molecule has 0 aliphatic carbocycles. The first-order valence-electron chi connectivity index (χ1n) is 10.4. The van der Waals surface area contributed by atoms with Crippen LogP contribution in [-0.4, -0.2) is 48.0 Å². The Kier molecular flexibility index (Phi) is 7.32. The number of aromatic nitrogens is 1. The fourth-order valence-electron chi connectivity index (χ4n) is 3.85. The van der Waals surface area contributed by atoms with Gasteiger partial charge in [-0.1, -0.05) is 34.1 Å². The number of likely N-dealkylation sites (tertiary alicyclic amines) is 1. The van der Waals surface area contributed by atoms with E-state index >= 15 is 0 Å². The van der Waals surface area contributed by atoms with Gasteiger partial charge in [0.15, 0.2) is 5.78 Å². The Morgan fingerprint density at radius 3 is 2.71 bits per heavy atom. The number of amides is 1. The Bertz CT molecular complexity index is 1050. The second-order valence-corrected chi connectivity index (χ2v) is 9.38. The molecule has 1 aromatic heterocycles. The molecular weight excluding hydrogens is 478 g/mol. The van der Waals surface area contributed by atoms with E-state index in [4.69, 9.17) is 4.74 Å². The van der Waals surface area contributed by atoms with Gasteiger partial charge in [-0.2, -0.15) is 0 Å². The van der Waals surface area contributed by atoms with E-state index in [1.807, 2.05) is 42.5 Å². The summed E-state index contributed by atoms with van der Waals surface area (Å²) in [7, 11) is 0. The molecule has 6 nitrogen and oxygen atoms in total. The Balaban J connectivity index is 1.15. The van der Waals surface area contributed by atoms with E-state index < -0.39 is 6.09 Å². The number of nitrogens with zero attached hydrogens (tertiary/aromatic N) is 2. The monoisotopic (exact) mass is 501 g/mol. The van der Waals surface area contributed by atoms with Crippen LogP contribution in [0, 0.1) is 5.92 Å². The molecule has 0 radical (unpaired) electrons. The number of ketones is 1. The molecule has 0 spiro atoms. The minimum Gasteiger partial charge on any atom is -0.449 e. The quantitative estimate of drug-likeness (QED) is 0.337. The highest BCUT2D eigenvalue weighted by Gasteiger charge is 2.25. The highest BCUT2D eigenvalue weighted by atomic mass is 79.9. The Morgan fingerprint density at radius 1 is 1.16 bits per heavy atom. The second kappa shape index (κ2) is 10.3. The molecule has 2 heterocycles. The van der Waals surface area contributed by atoms with Crippen LogP contribution >= 0.6 is 27.3 Å². The number of fused-ring (bicyclic) bond motifs is 1. The molecule has 0 atom stereocenters. The zero-order chi connectivity index (χ0) is 21.6. The molecule has 0 bridgehead atoms. The molecule has 1 N–H and O–H groups in total. The average Bonchev–Trinajstić information content (AvgIpc) is 3.27. The first-order valence-corrected chi connectivity index (χ1v) is 12.1. The van der Waals surface area contributed by atoms with Crippen LogP contribution in [0.5, 0.6) is 0 Å². The van der Waals surface area contributed by atoms with Crippen molar-refractivity contribution in [3.05, 3.63) is 58.0 Å². The van der Waals surface area contributed by atoms with Crippen LogP contribution in [0.25, 0.3) is 10.2 Å². The lowest BCUT2D eigenvalue weighted by atomic mass is 9.89. The third-order valence-corrected chi connectivity index (χ3v) is 6.94. The molecule has 1 fully saturated rings. The number of carbonyl (C=O) groups is 2. The van der Waals surface area contributed by atoms with Crippen molar-refractivity contribution >= 4 is 55.0 Å². The number of hydrogen-bond donors (Lipinski definition) is 1. The van der Waals surface area contributed by atoms with Crippen LogP contribution in [0.1, 0.15) is 29.6 Å². The maximum Gasteiger partial charge on any atom is 0.411 e. The van der Waals surface area contributed by atoms with Gasteiger partial charge in [0.25, 0.3) is 0 Å². The average molecular weight is 502 g/mol. The van der Waals surface area contributed by atoms with Crippen molar-refractivity contribution in [3.63, 3.8) is 0 Å². The van der Waals surface area contributed by atoms with E-state index in [0.29, 0.717) is 6.61 Å². The topological polar surface area (TPSA) is 71.5 Å². The van der Waals surface area contributed by atoms with Crippen molar-refractivity contribution in [3.8, 4) is 0 Å². The Morgan fingerprint density at radius 2 is 1.94 bits per heavy atom. The third kappa shape index (κ3) is 5.70. The summed E-state index contributed by atoms with van der Waals surface area (Å²) >= 11 is 4.90. The van der Waals surface area contributed by atoms with Crippen LogP contribution in [0.2, 0.25) is 0 Å². The normalized spacial score (nSPS) is 15.1. The second-order valence-electron chi connectivity index (χ2n) is 7.61. The summed E-state index contributed by atoms with van der Waals surface area (Å²) in [6, 6.07) is 13.2. The van der Waals surface area contributed by atoms with Gasteiger partial charge in [0.05, 0.1) is 28.0 Å². The van der Waals surface area contributed by atoms with Crippen LogP contribution < -0.4 is 5.32 Å². The highest BCUT2D eigenvalue weighted by Crippen LogP contribution is 2.26. The number of nitrogens with one attached hydrogen (secondary N) is 1. The van der Waals surface area contributed by atoms with Crippen molar-refractivity contribution in [2.75, 3.05) is 31.6 Å². The molecule has 0 saturated carbocycles. The number of benzene rings is 2. The molecule has 4 rings (SSSR count). The Labute approximate surface area is 193 Å². The zero-order valence-electron chi connectivity index (χ0n) is 17.1. The van der Waals surface area contributed by atoms with Crippen molar-refractivity contribution < 1.29 is 14.3 Å². The van der Waals surface area contributed by atoms with Gasteiger partial charge in [0, 0.05) is 22.5 Å². The van der Waals surface area contributed by atoms with Gasteiger partial charge in [-0.05, 0) is 56.6 Å². The van der Waals surface area contributed by atoms with E-state index in [1.54, 1.807) is 5.51 Å². The van der Waals surface area contributed by atoms with Gasteiger partial charge in [0.2, 0.25) is 0 Å². The number of Topliss-reactive ketones (excluding diaryl/α,β-unsaturated/α-hetero) is 1. The van der Waals surface area contributed by atoms with Crippen LogP contribution in [0.3, 0.4) is 0 Å². The van der Waals surface area contributed by atoms with Crippen molar-refractivity contribution in [2.24, 2.45) is 5.92 Å². The smallest absolute Gasteiger partial charge is 0.411 e. The summed E-state index contributed by atoms with van der Waals surface area (Å²) in [6.07, 6.45) is 2.06. The van der Waals surface area contributed by atoms with E-state index in [2.05, 4.69) is 31.1 Å². The van der Waals surface area contributed by atoms with Crippen LogP contribution in [-0.2, 0) is 4.74 Å². The van der Waals surface area contributed by atoms with E-state index in [0.717, 1.165) is 64.8 Å². The third-order valence-electron chi connectivity index (χ3n) is 5.53. The first-order chi connectivity index (χ1) is 15.1. The van der Waals surface area contributed by atoms with E-state index in [-0.39, 0.29) is 11.7 Å². The first kappa shape index (κ1) is 21.9. The lowest BCUT2D eigenvalue weighted by molar-refractivity contribution is 0.0830. The standard InChI is InChI=1S/C23H24BrN3O3S/c24-18-7-5-16(6-8-18)21(28)17-9-12-27(13-10-17)11-2-14-30-23(29)26-20-4-1-3-19-22(20)31-15-25-19/h1,3-8,15,17H,2,9-14H2,(H,26,29). The SMILES string of the molecule is O=C(Nc1cccc2ncsc12)OCCCN1CCC(C(=O)c2ccc(Br)cc2)CC1. The predicted octanol–water partition coefficient (Wildman–Crippen LogP) is 5.59. The van der Waals surface area contributed by atoms with Crippen molar-refractivity contribution in [2.45, 2.75) is 19.3 Å². The van der Waals surface area contributed by atoms with Gasteiger partial charge >= 0.3 is 6.09 Å². The number of halogens is 1. The number of hydrogen-bond acceptors (Lipinski definition) is 6. The molecule has 0 unspecified atom stereocenters. The number of anilines is 1. The van der Waals surface area contributed by atoms with Crippen LogP contribution in [0.4, 0.5) is 10.5 Å². The summed E-state index contributed by atoms with van der Waals surface area (Å²) in [5, 5.41) is 2.80. The molecule has 162 valence electrons. The molecule has 1 aliphatic heterocycles. The fraction of sp³-hybridized carbons (Fsp3) is 0.348. The van der Waals surface area contributed by atoms with E-state index in [1.165, 1.54) is 11.3 Å². The van der Waals surface area contributed by atoms with Gasteiger partial charge in [-0.15, -0.1) is 11.3 Å². The van der Waals surface area contributed by atoms with Crippen molar-refractivity contribution in [1.82, 2.24) is 9.88 Å². The number of thiazole rings is 1.